The second-order valence-corrected chi connectivity index (χ2v) is 10.0. The molecule has 0 aliphatic rings. The summed E-state index contributed by atoms with van der Waals surface area (Å²) in [5.74, 6) is -1.45. The quantitative estimate of drug-likeness (QED) is 0.394. The van der Waals surface area contributed by atoms with Gasteiger partial charge in [0.05, 0.1) is 16.8 Å². The molecule has 0 aliphatic carbocycles. The molecule has 3 rings (SSSR count). The van der Waals surface area contributed by atoms with Crippen LogP contribution in [0.4, 0.5) is 18.9 Å². The minimum absolute atomic E-state index is 0.0739. The Morgan fingerprint density at radius 3 is 2.37 bits per heavy atom. The van der Waals surface area contributed by atoms with E-state index in [2.05, 4.69) is 0 Å². The zero-order chi connectivity index (χ0) is 26.0. The molecule has 188 valence electrons. The van der Waals surface area contributed by atoms with Crippen molar-refractivity contribution in [1.29, 1.82) is 0 Å². The van der Waals surface area contributed by atoms with Gasteiger partial charge in [0.25, 0.3) is 10.0 Å². The number of nitrogens with zero attached hydrogens (tertiary/aromatic N) is 1. The number of rotatable bonds is 9. The van der Waals surface area contributed by atoms with Crippen LogP contribution >= 0.6 is 0 Å². The second kappa shape index (κ2) is 10.0. The highest BCUT2D eigenvalue weighted by molar-refractivity contribution is 7.92. The summed E-state index contributed by atoms with van der Waals surface area (Å²) in [4.78, 5) is 11.5. The van der Waals surface area contributed by atoms with Crippen molar-refractivity contribution in [3.63, 3.8) is 0 Å². The third-order valence-electron chi connectivity index (χ3n) is 4.98. The van der Waals surface area contributed by atoms with Gasteiger partial charge in [0.1, 0.15) is 18.1 Å². The monoisotopic (exact) mass is 511 g/mol. The van der Waals surface area contributed by atoms with E-state index in [4.69, 9.17) is 9.15 Å². The number of alkyl halides is 3. The average molecular weight is 512 g/mol. The second-order valence-electron chi connectivity index (χ2n) is 8.23. The van der Waals surface area contributed by atoms with E-state index < -0.39 is 34.3 Å². The lowest BCUT2D eigenvalue weighted by molar-refractivity contribution is -0.137. The Balaban J connectivity index is 2.12. The standard InChI is InChI=1S/C24H24F3NO6S/c1-15(2)13-28(35(31,32)22-11-8-16(3)34-22)20-10-9-18(24(25,26)27)12-21(20)33-14-17-6-4-5-7-19(17)23(29)30/h4-12,15H,13-14H2,1-3H3,(H,29,30). The van der Waals surface area contributed by atoms with E-state index in [9.17, 15) is 31.5 Å². The molecule has 0 radical (unpaired) electrons. The van der Waals surface area contributed by atoms with Crippen LogP contribution in [0.5, 0.6) is 5.75 Å². The lowest BCUT2D eigenvalue weighted by Crippen LogP contribution is -2.34. The molecule has 0 unspecified atom stereocenters. The van der Waals surface area contributed by atoms with Gasteiger partial charge >= 0.3 is 12.1 Å². The van der Waals surface area contributed by atoms with Crippen molar-refractivity contribution in [1.82, 2.24) is 0 Å². The molecule has 1 heterocycles. The van der Waals surface area contributed by atoms with Crippen LogP contribution in [0.1, 0.15) is 41.1 Å². The number of halogens is 3. The van der Waals surface area contributed by atoms with Gasteiger partial charge in [-0.3, -0.25) is 4.31 Å². The lowest BCUT2D eigenvalue weighted by atomic mass is 10.1. The van der Waals surface area contributed by atoms with Gasteiger partial charge in [-0.05, 0) is 49.2 Å². The van der Waals surface area contributed by atoms with Crippen molar-refractivity contribution in [2.75, 3.05) is 10.8 Å². The molecule has 0 saturated carbocycles. The molecule has 0 fully saturated rings. The molecule has 11 heteroatoms. The van der Waals surface area contributed by atoms with Crippen LogP contribution in [-0.2, 0) is 22.8 Å². The van der Waals surface area contributed by atoms with Crippen molar-refractivity contribution < 1.29 is 40.6 Å². The summed E-state index contributed by atoms with van der Waals surface area (Å²) in [5.41, 5.74) is -1.05. The summed E-state index contributed by atoms with van der Waals surface area (Å²) < 4.78 is 79.1. The van der Waals surface area contributed by atoms with E-state index in [1.54, 1.807) is 26.8 Å². The van der Waals surface area contributed by atoms with Gasteiger partial charge in [-0.1, -0.05) is 32.0 Å². The van der Waals surface area contributed by atoms with Crippen LogP contribution in [0, 0.1) is 12.8 Å². The summed E-state index contributed by atoms with van der Waals surface area (Å²) in [6.07, 6.45) is -4.71. The van der Waals surface area contributed by atoms with Crippen LogP contribution in [0.25, 0.3) is 0 Å². The molecule has 2 aromatic carbocycles. The van der Waals surface area contributed by atoms with Crippen molar-refractivity contribution in [3.05, 3.63) is 77.0 Å². The Labute approximate surface area is 200 Å². The first kappa shape index (κ1) is 26.1. The van der Waals surface area contributed by atoms with E-state index >= 15 is 0 Å². The van der Waals surface area contributed by atoms with Crippen LogP contribution in [0.3, 0.4) is 0 Å². The minimum Gasteiger partial charge on any atom is -0.487 e. The SMILES string of the molecule is Cc1ccc(S(=O)(=O)N(CC(C)C)c2ccc(C(F)(F)F)cc2OCc2ccccc2C(=O)O)o1. The smallest absolute Gasteiger partial charge is 0.416 e. The summed E-state index contributed by atoms with van der Waals surface area (Å²) in [6, 6.07) is 11.1. The van der Waals surface area contributed by atoms with Crippen molar-refractivity contribution in [2.24, 2.45) is 5.92 Å². The van der Waals surface area contributed by atoms with Gasteiger partial charge in [-0.15, -0.1) is 0 Å². The van der Waals surface area contributed by atoms with E-state index in [0.717, 1.165) is 16.4 Å². The summed E-state index contributed by atoms with van der Waals surface area (Å²) >= 11 is 0. The first-order valence-corrected chi connectivity index (χ1v) is 12.0. The number of ether oxygens (including phenoxy) is 1. The molecule has 0 bridgehead atoms. The zero-order valence-corrected chi connectivity index (χ0v) is 20.0. The van der Waals surface area contributed by atoms with Gasteiger partial charge in [0.15, 0.2) is 0 Å². The predicted octanol–water partition coefficient (Wildman–Crippen LogP) is 5.74. The molecule has 0 saturated heterocycles. The lowest BCUT2D eigenvalue weighted by Gasteiger charge is -2.27. The molecule has 1 aromatic heterocycles. The number of benzene rings is 2. The molecule has 7 nitrogen and oxygen atoms in total. The normalized spacial score (nSPS) is 12.1. The highest BCUT2D eigenvalue weighted by Crippen LogP contribution is 2.39. The average Bonchev–Trinajstić information content (AvgIpc) is 3.22. The fraction of sp³-hybridized carbons (Fsp3) is 0.292. The largest absolute Gasteiger partial charge is 0.487 e. The molecule has 0 amide bonds. The summed E-state index contributed by atoms with van der Waals surface area (Å²) in [6.45, 7) is 4.60. The number of aromatic carboxylic acids is 1. The fourth-order valence-electron chi connectivity index (χ4n) is 3.34. The minimum atomic E-state index is -4.71. The topological polar surface area (TPSA) is 97.0 Å². The number of carboxylic acid groups (broad SMARTS) is 1. The molecule has 0 aliphatic heterocycles. The number of sulfonamides is 1. The van der Waals surface area contributed by atoms with Crippen LogP contribution in [0.15, 0.2) is 64.1 Å². The Bertz CT molecular complexity index is 1310. The number of carboxylic acids is 1. The maximum atomic E-state index is 13.5. The van der Waals surface area contributed by atoms with E-state index in [0.29, 0.717) is 11.8 Å². The maximum absolute atomic E-state index is 13.5. The van der Waals surface area contributed by atoms with Crippen molar-refractivity contribution >= 4 is 21.7 Å². The number of aryl methyl sites for hydroxylation is 1. The van der Waals surface area contributed by atoms with Gasteiger partial charge in [0.2, 0.25) is 5.09 Å². The van der Waals surface area contributed by atoms with E-state index in [-0.39, 0.29) is 40.1 Å². The Morgan fingerprint density at radius 1 is 1.11 bits per heavy atom. The third kappa shape index (κ3) is 5.97. The van der Waals surface area contributed by atoms with Crippen LogP contribution < -0.4 is 9.04 Å². The van der Waals surface area contributed by atoms with Gasteiger partial charge in [0, 0.05) is 12.1 Å². The Kier molecular flexibility index (Phi) is 7.49. The highest BCUT2D eigenvalue weighted by atomic mass is 32.2. The van der Waals surface area contributed by atoms with Crippen molar-refractivity contribution in [2.45, 2.75) is 38.6 Å². The predicted molar refractivity (Wildman–Crippen MR) is 122 cm³/mol. The number of hydrogen-bond donors (Lipinski definition) is 1. The van der Waals surface area contributed by atoms with E-state index in [1.807, 2.05) is 0 Å². The van der Waals surface area contributed by atoms with Gasteiger partial charge in [-0.2, -0.15) is 21.6 Å². The van der Waals surface area contributed by atoms with Gasteiger partial charge < -0.3 is 14.3 Å². The summed E-state index contributed by atoms with van der Waals surface area (Å²) in [7, 11) is -4.29. The maximum Gasteiger partial charge on any atom is 0.416 e. The number of carbonyl (C=O) groups is 1. The first-order valence-electron chi connectivity index (χ1n) is 10.5. The molecule has 3 aromatic rings. The Morgan fingerprint density at radius 2 is 1.80 bits per heavy atom. The van der Waals surface area contributed by atoms with Crippen LogP contribution in [-0.4, -0.2) is 26.0 Å². The molecular weight excluding hydrogens is 487 g/mol. The van der Waals surface area contributed by atoms with Crippen LogP contribution in [0.2, 0.25) is 0 Å². The fourth-order valence-corrected chi connectivity index (χ4v) is 4.94. The summed E-state index contributed by atoms with van der Waals surface area (Å²) in [5, 5.41) is 9.02. The van der Waals surface area contributed by atoms with Crippen molar-refractivity contribution in [3.8, 4) is 5.75 Å². The number of anilines is 1. The first-order chi connectivity index (χ1) is 16.3. The molecule has 1 N–H and O–H groups in total. The molecule has 35 heavy (non-hydrogen) atoms. The molecule has 0 spiro atoms. The third-order valence-corrected chi connectivity index (χ3v) is 6.63. The number of furan rings is 1. The highest BCUT2D eigenvalue weighted by Gasteiger charge is 2.35. The molecule has 0 atom stereocenters. The number of hydrogen-bond acceptors (Lipinski definition) is 5. The van der Waals surface area contributed by atoms with E-state index in [1.165, 1.54) is 30.3 Å². The van der Waals surface area contributed by atoms with Gasteiger partial charge in [-0.25, -0.2) is 4.79 Å². The Hall–Kier alpha value is -3.47. The zero-order valence-electron chi connectivity index (χ0n) is 19.2. The molecular formula is C24H24F3NO6S.